The summed E-state index contributed by atoms with van der Waals surface area (Å²) < 4.78 is 11.3. The van der Waals surface area contributed by atoms with Gasteiger partial charge >= 0.3 is 0 Å². The quantitative estimate of drug-likeness (QED) is 0.601. The van der Waals surface area contributed by atoms with Crippen LogP contribution in [0.15, 0.2) is 0 Å². The fraction of sp³-hybridized carbons (Fsp3) is 1.00. The molecule has 1 saturated heterocycles. The molecule has 2 rings (SSSR count). The van der Waals surface area contributed by atoms with Gasteiger partial charge in [0.15, 0.2) is 6.29 Å². The molecule has 0 aromatic rings. The Kier molecular flexibility index (Phi) is 2.66. The summed E-state index contributed by atoms with van der Waals surface area (Å²) in [6, 6.07) is 0. The predicted molar refractivity (Wildman–Crippen MR) is 46.9 cm³/mol. The SMILES string of the molecule is CC1COC(C2CCCCC2)O1. The van der Waals surface area contributed by atoms with Crippen LogP contribution in [0.4, 0.5) is 0 Å². The van der Waals surface area contributed by atoms with Gasteiger partial charge in [0.25, 0.3) is 0 Å². The average Bonchev–Trinajstić information content (AvgIpc) is 2.54. The second-order valence-corrected chi connectivity index (χ2v) is 4.05. The van der Waals surface area contributed by atoms with Gasteiger partial charge in [-0.05, 0) is 19.8 Å². The van der Waals surface area contributed by atoms with Crippen molar-refractivity contribution in [2.45, 2.75) is 51.4 Å². The fourth-order valence-corrected chi connectivity index (χ4v) is 2.19. The third-order valence-corrected chi connectivity index (χ3v) is 2.90. The van der Waals surface area contributed by atoms with E-state index in [0.717, 1.165) is 6.61 Å². The molecule has 0 bridgehead atoms. The molecule has 1 heterocycles. The first-order valence-electron chi connectivity index (χ1n) is 5.13. The molecule has 1 aliphatic carbocycles. The summed E-state index contributed by atoms with van der Waals surface area (Å²) in [7, 11) is 0. The molecule has 0 amide bonds. The summed E-state index contributed by atoms with van der Waals surface area (Å²) in [5, 5.41) is 0. The van der Waals surface area contributed by atoms with E-state index < -0.39 is 0 Å². The fourth-order valence-electron chi connectivity index (χ4n) is 2.19. The van der Waals surface area contributed by atoms with Gasteiger partial charge in [-0.2, -0.15) is 0 Å². The van der Waals surface area contributed by atoms with Crippen molar-refractivity contribution < 1.29 is 9.47 Å². The lowest BCUT2D eigenvalue weighted by Crippen LogP contribution is -2.24. The van der Waals surface area contributed by atoms with Gasteiger partial charge in [0, 0.05) is 5.92 Å². The summed E-state index contributed by atoms with van der Waals surface area (Å²) >= 11 is 0. The van der Waals surface area contributed by atoms with Crippen LogP contribution in [0.5, 0.6) is 0 Å². The van der Waals surface area contributed by atoms with E-state index >= 15 is 0 Å². The molecule has 1 aliphatic heterocycles. The molecule has 0 spiro atoms. The molecular formula is C10H18O2. The largest absolute Gasteiger partial charge is 0.350 e. The van der Waals surface area contributed by atoms with Crippen molar-refractivity contribution in [1.29, 1.82) is 0 Å². The summed E-state index contributed by atoms with van der Waals surface area (Å²) in [6.45, 7) is 2.88. The Balaban J connectivity index is 1.83. The zero-order valence-corrected chi connectivity index (χ0v) is 7.79. The van der Waals surface area contributed by atoms with Gasteiger partial charge in [0.05, 0.1) is 12.7 Å². The van der Waals surface area contributed by atoms with E-state index in [0.29, 0.717) is 12.0 Å². The van der Waals surface area contributed by atoms with Crippen molar-refractivity contribution in [2.24, 2.45) is 5.92 Å². The van der Waals surface area contributed by atoms with Crippen LogP contribution in [0.25, 0.3) is 0 Å². The molecule has 70 valence electrons. The van der Waals surface area contributed by atoms with Gasteiger partial charge in [-0.15, -0.1) is 0 Å². The van der Waals surface area contributed by atoms with Crippen LogP contribution in [-0.4, -0.2) is 19.0 Å². The maximum absolute atomic E-state index is 5.68. The Morgan fingerprint density at radius 2 is 1.83 bits per heavy atom. The third kappa shape index (κ3) is 1.80. The van der Waals surface area contributed by atoms with E-state index in [4.69, 9.17) is 9.47 Å². The van der Waals surface area contributed by atoms with E-state index in [2.05, 4.69) is 6.92 Å². The van der Waals surface area contributed by atoms with Crippen molar-refractivity contribution in [3.63, 3.8) is 0 Å². The van der Waals surface area contributed by atoms with Gasteiger partial charge in [-0.25, -0.2) is 0 Å². The monoisotopic (exact) mass is 170 g/mol. The van der Waals surface area contributed by atoms with Crippen molar-refractivity contribution >= 4 is 0 Å². The highest BCUT2D eigenvalue weighted by Gasteiger charge is 2.31. The van der Waals surface area contributed by atoms with E-state index in [9.17, 15) is 0 Å². The molecule has 0 aromatic heterocycles. The van der Waals surface area contributed by atoms with Gasteiger partial charge < -0.3 is 9.47 Å². The number of hydrogen-bond donors (Lipinski definition) is 0. The van der Waals surface area contributed by atoms with Crippen molar-refractivity contribution in [3.05, 3.63) is 0 Å². The lowest BCUT2D eigenvalue weighted by atomic mass is 9.89. The summed E-state index contributed by atoms with van der Waals surface area (Å²) in [6.07, 6.45) is 7.18. The van der Waals surface area contributed by atoms with Crippen LogP contribution >= 0.6 is 0 Å². The van der Waals surface area contributed by atoms with Gasteiger partial charge in [-0.1, -0.05) is 19.3 Å². The normalized spacial score (nSPS) is 38.8. The Morgan fingerprint density at radius 3 is 2.42 bits per heavy atom. The second-order valence-electron chi connectivity index (χ2n) is 4.05. The second kappa shape index (κ2) is 3.75. The third-order valence-electron chi connectivity index (χ3n) is 2.90. The predicted octanol–water partition coefficient (Wildman–Crippen LogP) is 2.33. The van der Waals surface area contributed by atoms with Crippen LogP contribution in [0.2, 0.25) is 0 Å². The highest BCUT2D eigenvalue weighted by molar-refractivity contribution is 4.72. The molecule has 2 atom stereocenters. The molecule has 0 N–H and O–H groups in total. The Labute approximate surface area is 74.2 Å². The first kappa shape index (κ1) is 8.52. The van der Waals surface area contributed by atoms with Crippen molar-refractivity contribution in [2.75, 3.05) is 6.61 Å². The van der Waals surface area contributed by atoms with Crippen LogP contribution < -0.4 is 0 Å². The molecule has 2 aliphatic rings. The molecule has 2 nitrogen and oxygen atoms in total. The van der Waals surface area contributed by atoms with Crippen LogP contribution in [-0.2, 0) is 9.47 Å². The maximum atomic E-state index is 5.68. The number of ether oxygens (including phenoxy) is 2. The lowest BCUT2D eigenvalue weighted by molar-refractivity contribution is -0.102. The van der Waals surface area contributed by atoms with Crippen LogP contribution in [0, 0.1) is 5.92 Å². The zero-order chi connectivity index (χ0) is 8.39. The van der Waals surface area contributed by atoms with E-state index in [1.165, 1.54) is 32.1 Å². The van der Waals surface area contributed by atoms with E-state index in [1.807, 2.05) is 0 Å². The highest BCUT2D eigenvalue weighted by atomic mass is 16.7. The maximum Gasteiger partial charge on any atom is 0.160 e. The minimum Gasteiger partial charge on any atom is -0.350 e. The summed E-state index contributed by atoms with van der Waals surface area (Å²) in [4.78, 5) is 0. The van der Waals surface area contributed by atoms with Gasteiger partial charge in [-0.3, -0.25) is 0 Å². The Bertz CT molecular complexity index is 138. The van der Waals surface area contributed by atoms with Crippen molar-refractivity contribution in [3.8, 4) is 0 Å². The van der Waals surface area contributed by atoms with Crippen molar-refractivity contribution in [1.82, 2.24) is 0 Å². The topological polar surface area (TPSA) is 18.5 Å². The molecule has 2 heteroatoms. The molecule has 12 heavy (non-hydrogen) atoms. The Hall–Kier alpha value is -0.0800. The lowest BCUT2D eigenvalue weighted by Gasteiger charge is -2.25. The van der Waals surface area contributed by atoms with E-state index in [1.54, 1.807) is 0 Å². The molecule has 1 saturated carbocycles. The van der Waals surface area contributed by atoms with Gasteiger partial charge in [0.1, 0.15) is 0 Å². The van der Waals surface area contributed by atoms with Gasteiger partial charge in [0.2, 0.25) is 0 Å². The Morgan fingerprint density at radius 1 is 1.08 bits per heavy atom. The smallest absolute Gasteiger partial charge is 0.160 e. The molecule has 0 aromatic carbocycles. The zero-order valence-electron chi connectivity index (χ0n) is 7.79. The minimum absolute atomic E-state index is 0.125. The van der Waals surface area contributed by atoms with Crippen LogP contribution in [0.1, 0.15) is 39.0 Å². The molecule has 0 radical (unpaired) electrons. The molecule has 2 unspecified atom stereocenters. The molecular weight excluding hydrogens is 152 g/mol. The summed E-state index contributed by atoms with van der Waals surface area (Å²) in [5.41, 5.74) is 0. The molecule has 2 fully saturated rings. The van der Waals surface area contributed by atoms with Crippen LogP contribution in [0.3, 0.4) is 0 Å². The summed E-state index contributed by atoms with van der Waals surface area (Å²) in [5.74, 6) is 0.684. The first-order chi connectivity index (χ1) is 5.86. The number of hydrogen-bond acceptors (Lipinski definition) is 2. The average molecular weight is 170 g/mol. The van der Waals surface area contributed by atoms with E-state index in [-0.39, 0.29) is 6.29 Å². The standard InChI is InChI=1S/C10H18O2/c1-8-7-11-10(12-8)9-5-3-2-4-6-9/h8-10H,2-7H2,1H3. The highest BCUT2D eigenvalue weighted by Crippen LogP contribution is 2.31. The number of rotatable bonds is 1. The first-order valence-corrected chi connectivity index (χ1v) is 5.13. The minimum atomic E-state index is 0.125.